The van der Waals surface area contributed by atoms with Crippen LogP contribution in [-0.2, 0) is 0 Å². The van der Waals surface area contributed by atoms with Crippen molar-refractivity contribution in [1.29, 1.82) is 0 Å². The zero-order valence-electron chi connectivity index (χ0n) is 13.2. The van der Waals surface area contributed by atoms with Crippen LogP contribution < -0.4 is 10.6 Å². The summed E-state index contributed by atoms with van der Waals surface area (Å²) in [7, 11) is 1.82. The van der Waals surface area contributed by atoms with Gasteiger partial charge in [0.05, 0.1) is 0 Å². The fraction of sp³-hybridized carbons (Fsp3) is 0.923. The first-order valence-corrected chi connectivity index (χ1v) is 8.11. The van der Waals surface area contributed by atoms with Crippen LogP contribution in [0.2, 0.25) is 0 Å². The number of rotatable bonds is 8. The Balaban J connectivity index is 0. The Bertz CT molecular complexity index is 227. The van der Waals surface area contributed by atoms with Crippen LogP contribution in [0.3, 0.4) is 0 Å². The smallest absolute Gasteiger partial charge is 0.191 e. The second-order valence-corrected chi connectivity index (χ2v) is 5.83. The van der Waals surface area contributed by atoms with Gasteiger partial charge in [-0.05, 0) is 34.0 Å². The van der Waals surface area contributed by atoms with Gasteiger partial charge in [0.2, 0.25) is 0 Å². The molecule has 0 aromatic rings. The highest BCUT2D eigenvalue weighted by Gasteiger charge is 2.12. The third-order valence-corrected chi connectivity index (χ3v) is 3.42. The van der Waals surface area contributed by atoms with Crippen molar-refractivity contribution in [1.82, 2.24) is 15.5 Å². The minimum Gasteiger partial charge on any atom is -0.356 e. The highest BCUT2D eigenvalue weighted by molar-refractivity contribution is 14.0. The Hall–Kier alpha value is 0.310. The maximum atomic E-state index is 4.21. The van der Waals surface area contributed by atoms with Gasteiger partial charge in [0.15, 0.2) is 5.96 Å². The lowest BCUT2D eigenvalue weighted by Crippen LogP contribution is -2.45. The maximum absolute atomic E-state index is 4.21. The molecule has 0 fully saturated rings. The molecule has 0 aliphatic heterocycles. The van der Waals surface area contributed by atoms with E-state index in [1.807, 2.05) is 18.8 Å². The third kappa shape index (κ3) is 10.7. The van der Waals surface area contributed by atoms with E-state index < -0.39 is 0 Å². The molecule has 116 valence electrons. The van der Waals surface area contributed by atoms with Gasteiger partial charge in [-0.1, -0.05) is 0 Å². The highest BCUT2D eigenvalue weighted by atomic mass is 127. The van der Waals surface area contributed by atoms with Crippen LogP contribution in [0.15, 0.2) is 4.99 Å². The molecule has 0 heterocycles. The molecule has 2 N–H and O–H groups in total. The van der Waals surface area contributed by atoms with Crippen LogP contribution in [-0.4, -0.2) is 61.6 Å². The molecule has 0 rings (SSSR count). The van der Waals surface area contributed by atoms with Crippen LogP contribution >= 0.6 is 35.7 Å². The Kier molecular flexibility index (Phi) is 15.1. The summed E-state index contributed by atoms with van der Waals surface area (Å²) >= 11 is 1.84. The van der Waals surface area contributed by atoms with E-state index in [1.165, 1.54) is 0 Å². The second-order valence-electron chi connectivity index (χ2n) is 4.84. The first-order chi connectivity index (χ1) is 8.52. The van der Waals surface area contributed by atoms with Crippen LogP contribution in [0, 0.1) is 0 Å². The van der Waals surface area contributed by atoms with E-state index in [2.05, 4.69) is 54.5 Å². The van der Waals surface area contributed by atoms with Gasteiger partial charge in [-0.2, -0.15) is 11.8 Å². The van der Waals surface area contributed by atoms with E-state index in [1.54, 1.807) is 0 Å². The molecule has 0 aliphatic rings. The van der Waals surface area contributed by atoms with E-state index in [4.69, 9.17) is 0 Å². The predicted molar refractivity (Wildman–Crippen MR) is 100 cm³/mol. The summed E-state index contributed by atoms with van der Waals surface area (Å²) in [5.41, 5.74) is 0. The van der Waals surface area contributed by atoms with Crippen molar-refractivity contribution >= 4 is 41.7 Å². The topological polar surface area (TPSA) is 39.7 Å². The molecule has 0 bridgehead atoms. The highest BCUT2D eigenvalue weighted by Crippen LogP contribution is 2.03. The Morgan fingerprint density at radius 2 is 1.63 bits per heavy atom. The minimum atomic E-state index is 0. The summed E-state index contributed by atoms with van der Waals surface area (Å²) in [4.78, 5) is 6.69. The monoisotopic (exact) mass is 402 g/mol. The van der Waals surface area contributed by atoms with Gasteiger partial charge in [0, 0.05) is 44.5 Å². The summed E-state index contributed by atoms with van der Waals surface area (Å²) in [6.45, 7) is 11.9. The van der Waals surface area contributed by atoms with Gasteiger partial charge in [-0.15, -0.1) is 24.0 Å². The molecule has 0 aromatic heterocycles. The molecule has 0 aromatic carbocycles. The van der Waals surface area contributed by atoms with E-state index in [9.17, 15) is 0 Å². The molecule has 4 nitrogen and oxygen atoms in total. The summed E-state index contributed by atoms with van der Waals surface area (Å²) in [5, 5.41) is 6.66. The summed E-state index contributed by atoms with van der Waals surface area (Å²) in [6, 6.07) is 1.16. The van der Waals surface area contributed by atoms with E-state index in [0.717, 1.165) is 31.3 Å². The molecule has 0 spiro atoms. The van der Waals surface area contributed by atoms with Crippen LogP contribution in [0.4, 0.5) is 0 Å². The predicted octanol–water partition coefficient (Wildman–Crippen LogP) is 2.25. The molecular weight excluding hydrogens is 371 g/mol. The molecule has 0 atom stereocenters. The second kappa shape index (κ2) is 13.3. The zero-order chi connectivity index (χ0) is 14.0. The quantitative estimate of drug-likeness (QED) is 0.283. The molecule has 0 aliphatic carbocycles. The van der Waals surface area contributed by atoms with Crippen molar-refractivity contribution in [3.63, 3.8) is 0 Å². The lowest BCUT2D eigenvalue weighted by atomic mass is 10.2. The van der Waals surface area contributed by atoms with Gasteiger partial charge >= 0.3 is 0 Å². The van der Waals surface area contributed by atoms with Crippen molar-refractivity contribution in [2.75, 3.05) is 38.7 Å². The summed E-state index contributed by atoms with van der Waals surface area (Å²) in [5.74, 6) is 2.00. The SMILES string of the molecule is CN=C(NCCSC)NCCN(C(C)C)C(C)C.I. The van der Waals surface area contributed by atoms with Gasteiger partial charge in [-0.3, -0.25) is 9.89 Å². The molecule has 19 heavy (non-hydrogen) atoms. The van der Waals surface area contributed by atoms with Gasteiger partial charge in [0.25, 0.3) is 0 Å². The number of nitrogens with one attached hydrogen (secondary N) is 2. The van der Waals surface area contributed by atoms with Crippen LogP contribution in [0.25, 0.3) is 0 Å². The van der Waals surface area contributed by atoms with Crippen molar-refractivity contribution in [3.05, 3.63) is 0 Å². The molecular formula is C13H31IN4S. The standard InChI is InChI=1S/C13H30N4S.HI/c1-11(2)17(12(3)4)9-7-15-13(14-5)16-8-10-18-6;/h11-12H,7-10H2,1-6H3,(H2,14,15,16);1H. The van der Waals surface area contributed by atoms with Gasteiger partial charge in [-0.25, -0.2) is 0 Å². The average molecular weight is 402 g/mol. The van der Waals surface area contributed by atoms with Gasteiger partial charge in [0.1, 0.15) is 0 Å². The lowest BCUT2D eigenvalue weighted by Gasteiger charge is -2.30. The van der Waals surface area contributed by atoms with Gasteiger partial charge < -0.3 is 10.6 Å². The van der Waals surface area contributed by atoms with E-state index >= 15 is 0 Å². The van der Waals surface area contributed by atoms with E-state index in [-0.39, 0.29) is 24.0 Å². The Morgan fingerprint density at radius 3 is 2.05 bits per heavy atom. The molecule has 0 saturated heterocycles. The molecule has 0 amide bonds. The number of hydrogen-bond donors (Lipinski definition) is 2. The molecule has 0 unspecified atom stereocenters. The maximum Gasteiger partial charge on any atom is 0.191 e. The first-order valence-electron chi connectivity index (χ1n) is 6.72. The number of halogens is 1. The Labute approximate surface area is 140 Å². The van der Waals surface area contributed by atoms with Crippen molar-refractivity contribution in [2.24, 2.45) is 4.99 Å². The normalized spacial score (nSPS) is 11.9. The van der Waals surface area contributed by atoms with Crippen LogP contribution in [0.1, 0.15) is 27.7 Å². The minimum absolute atomic E-state index is 0. The van der Waals surface area contributed by atoms with Crippen molar-refractivity contribution in [3.8, 4) is 0 Å². The van der Waals surface area contributed by atoms with Crippen molar-refractivity contribution < 1.29 is 0 Å². The molecule has 0 saturated carbocycles. The third-order valence-electron chi connectivity index (χ3n) is 2.81. The molecule has 6 heteroatoms. The summed E-state index contributed by atoms with van der Waals surface area (Å²) in [6.07, 6.45) is 2.11. The molecule has 0 radical (unpaired) electrons. The number of nitrogens with zero attached hydrogens (tertiary/aromatic N) is 2. The Morgan fingerprint density at radius 1 is 1.11 bits per heavy atom. The van der Waals surface area contributed by atoms with Crippen LogP contribution in [0.5, 0.6) is 0 Å². The number of thioether (sulfide) groups is 1. The fourth-order valence-electron chi connectivity index (χ4n) is 1.91. The number of guanidine groups is 1. The van der Waals surface area contributed by atoms with Crippen molar-refractivity contribution in [2.45, 2.75) is 39.8 Å². The lowest BCUT2D eigenvalue weighted by molar-refractivity contribution is 0.178. The largest absolute Gasteiger partial charge is 0.356 e. The number of hydrogen-bond acceptors (Lipinski definition) is 3. The fourth-order valence-corrected chi connectivity index (χ4v) is 2.21. The number of aliphatic imine (C=N–C) groups is 1. The summed E-state index contributed by atoms with van der Waals surface area (Å²) < 4.78 is 0. The van der Waals surface area contributed by atoms with E-state index in [0.29, 0.717) is 12.1 Å². The average Bonchev–Trinajstić information content (AvgIpc) is 2.31. The first kappa shape index (κ1) is 21.6. The zero-order valence-corrected chi connectivity index (χ0v) is 16.3.